The first kappa shape index (κ1) is 24.3. The van der Waals surface area contributed by atoms with E-state index in [2.05, 4.69) is 34.1 Å². The molecule has 10 heteroatoms. The first-order valence-electron chi connectivity index (χ1n) is 12.9. The van der Waals surface area contributed by atoms with Gasteiger partial charge in [0.05, 0.1) is 30.5 Å². The number of hydrogen-bond donors (Lipinski definition) is 3. The molecule has 38 heavy (non-hydrogen) atoms. The molecule has 0 bridgehead atoms. The molecule has 2 aromatic heterocycles. The van der Waals surface area contributed by atoms with Crippen molar-refractivity contribution in [3.05, 3.63) is 48.0 Å². The summed E-state index contributed by atoms with van der Waals surface area (Å²) in [7, 11) is 3.53. The molecule has 1 saturated heterocycles. The van der Waals surface area contributed by atoms with Crippen molar-refractivity contribution in [3.8, 4) is 17.3 Å². The summed E-state index contributed by atoms with van der Waals surface area (Å²) in [6, 6.07) is 13.3. The minimum absolute atomic E-state index is 0.0847. The predicted octanol–water partition coefficient (Wildman–Crippen LogP) is 3.46. The third kappa shape index (κ3) is 4.24. The zero-order chi connectivity index (χ0) is 26.6. The number of carbonyl (C=O) groups is 2. The Morgan fingerprint density at radius 3 is 2.68 bits per heavy atom. The second-order valence-electron chi connectivity index (χ2n) is 10.3. The highest BCUT2D eigenvalue weighted by molar-refractivity contribution is 6.00. The lowest BCUT2D eigenvalue weighted by molar-refractivity contribution is 0.0378. The highest BCUT2D eigenvalue weighted by atomic mass is 16.5. The maximum atomic E-state index is 13.5. The van der Waals surface area contributed by atoms with Crippen LogP contribution >= 0.6 is 0 Å². The average molecular weight is 518 g/mol. The highest BCUT2D eigenvalue weighted by Crippen LogP contribution is 2.38. The summed E-state index contributed by atoms with van der Waals surface area (Å²) in [5.74, 6) is 1.76. The number of aryl methyl sites for hydroxylation is 1. The number of carbonyl (C=O) groups excluding carboxylic acids is 1. The standard InChI is InChI=1S/C28H31N5O5/c1-31-25-19(29-26(31)22-12-17-5-3-4-6-21(17)33(22)14-16-7-8-16)11-18(13-24(25)38-2)27(35)32-10-9-23(34)20(15-32)30-28(36)37/h3-6,11-13,16,20,23,30,34H,7-10,14-15H2,1-2H3,(H,36,37)/t20-,23+/m0/s1. The normalized spacial score (nSPS) is 19.7. The lowest BCUT2D eigenvalue weighted by Gasteiger charge is -2.36. The fourth-order valence-corrected chi connectivity index (χ4v) is 5.58. The second-order valence-corrected chi connectivity index (χ2v) is 10.3. The lowest BCUT2D eigenvalue weighted by atomic mass is 10.0. The number of hydrogen-bond acceptors (Lipinski definition) is 5. The molecule has 2 atom stereocenters. The SMILES string of the molecule is COc1cc(C(=O)N2CC[C@@H](O)[C@@H](NC(=O)O)C2)cc2nc(-c3cc4ccccc4n3CC3CC3)n(C)c12. The maximum Gasteiger partial charge on any atom is 0.405 e. The molecule has 2 fully saturated rings. The summed E-state index contributed by atoms with van der Waals surface area (Å²) in [5, 5.41) is 22.8. The number of aliphatic hydroxyl groups excluding tert-OH is 1. The lowest BCUT2D eigenvalue weighted by Crippen LogP contribution is -2.56. The molecule has 6 rings (SSSR count). The minimum atomic E-state index is -1.23. The van der Waals surface area contributed by atoms with Gasteiger partial charge in [0.15, 0.2) is 5.82 Å². The number of likely N-dealkylation sites (tertiary alicyclic amines) is 1. The van der Waals surface area contributed by atoms with E-state index in [0.717, 1.165) is 29.0 Å². The molecule has 0 spiro atoms. The van der Waals surface area contributed by atoms with Crippen molar-refractivity contribution in [2.24, 2.45) is 13.0 Å². The third-order valence-electron chi connectivity index (χ3n) is 7.75. The predicted molar refractivity (Wildman–Crippen MR) is 142 cm³/mol. The van der Waals surface area contributed by atoms with Crippen LogP contribution in [-0.2, 0) is 13.6 Å². The van der Waals surface area contributed by atoms with Crippen molar-refractivity contribution in [1.82, 2.24) is 24.3 Å². The van der Waals surface area contributed by atoms with Gasteiger partial charge in [-0.05, 0) is 49.4 Å². The number of aliphatic hydroxyl groups is 1. The number of nitrogens with zero attached hydrogens (tertiary/aromatic N) is 4. The minimum Gasteiger partial charge on any atom is -0.494 e. The van der Waals surface area contributed by atoms with Gasteiger partial charge in [-0.1, -0.05) is 18.2 Å². The molecule has 2 amide bonds. The van der Waals surface area contributed by atoms with E-state index >= 15 is 0 Å². The van der Waals surface area contributed by atoms with Crippen LogP contribution in [0.5, 0.6) is 5.75 Å². The van der Waals surface area contributed by atoms with Crippen LogP contribution in [0.3, 0.4) is 0 Å². The van der Waals surface area contributed by atoms with Crippen molar-refractivity contribution in [1.29, 1.82) is 0 Å². The highest BCUT2D eigenvalue weighted by Gasteiger charge is 2.32. The van der Waals surface area contributed by atoms with Crippen molar-refractivity contribution in [2.45, 2.75) is 38.0 Å². The fraction of sp³-hybridized carbons (Fsp3) is 0.393. The molecular formula is C28H31N5O5. The van der Waals surface area contributed by atoms with Crippen LogP contribution in [0, 0.1) is 5.92 Å². The Labute approximate surface area is 219 Å². The molecule has 1 saturated carbocycles. The van der Waals surface area contributed by atoms with Crippen LogP contribution in [0.25, 0.3) is 33.5 Å². The smallest absolute Gasteiger partial charge is 0.405 e. The van der Waals surface area contributed by atoms with Crippen molar-refractivity contribution < 1.29 is 24.5 Å². The van der Waals surface area contributed by atoms with E-state index in [0.29, 0.717) is 29.3 Å². The summed E-state index contributed by atoms with van der Waals surface area (Å²) in [6.45, 7) is 1.35. The van der Waals surface area contributed by atoms with Gasteiger partial charge < -0.3 is 34.3 Å². The van der Waals surface area contributed by atoms with E-state index < -0.39 is 18.2 Å². The van der Waals surface area contributed by atoms with E-state index in [-0.39, 0.29) is 18.9 Å². The van der Waals surface area contributed by atoms with Crippen LogP contribution in [0.15, 0.2) is 42.5 Å². The Bertz CT molecular complexity index is 1550. The molecule has 4 aromatic rings. The van der Waals surface area contributed by atoms with Crippen LogP contribution in [0.2, 0.25) is 0 Å². The number of fused-ring (bicyclic) bond motifs is 2. The van der Waals surface area contributed by atoms with Gasteiger partial charge in [0, 0.05) is 43.1 Å². The summed E-state index contributed by atoms with van der Waals surface area (Å²) < 4.78 is 10.1. The number of amides is 2. The Balaban J connectivity index is 1.40. The van der Waals surface area contributed by atoms with Gasteiger partial charge >= 0.3 is 6.09 Å². The topological polar surface area (TPSA) is 122 Å². The van der Waals surface area contributed by atoms with Gasteiger partial charge in [0.2, 0.25) is 0 Å². The Hall–Kier alpha value is -4.05. The Morgan fingerprint density at radius 1 is 1.16 bits per heavy atom. The molecular weight excluding hydrogens is 486 g/mol. The van der Waals surface area contributed by atoms with E-state index in [1.807, 2.05) is 17.7 Å². The molecule has 1 aliphatic heterocycles. The van der Waals surface area contributed by atoms with Crippen LogP contribution < -0.4 is 10.1 Å². The average Bonchev–Trinajstić information content (AvgIpc) is 3.57. The summed E-state index contributed by atoms with van der Waals surface area (Å²) in [4.78, 5) is 31.2. The summed E-state index contributed by atoms with van der Waals surface area (Å²) >= 11 is 0. The number of para-hydroxylation sites is 1. The number of ether oxygens (including phenoxy) is 1. The first-order chi connectivity index (χ1) is 18.3. The Kier molecular flexibility index (Phi) is 5.98. The molecule has 198 valence electrons. The van der Waals surface area contributed by atoms with E-state index in [1.54, 1.807) is 24.1 Å². The third-order valence-corrected chi connectivity index (χ3v) is 7.75. The van der Waals surface area contributed by atoms with Crippen LogP contribution in [0.4, 0.5) is 4.79 Å². The van der Waals surface area contributed by atoms with Gasteiger partial charge in [-0.15, -0.1) is 0 Å². The second kappa shape index (κ2) is 9.36. The van der Waals surface area contributed by atoms with Crippen LogP contribution in [0.1, 0.15) is 29.6 Å². The van der Waals surface area contributed by atoms with Gasteiger partial charge in [0.1, 0.15) is 11.3 Å². The van der Waals surface area contributed by atoms with Gasteiger partial charge in [-0.2, -0.15) is 0 Å². The number of aromatic nitrogens is 3. The molecule has 2 aliphatic rings. The summed E-state index contributed by atoms with van der Waals surface area (Å²) in [5.41, 5.74) is 4.05. The summed E-state index contributed by atoms with van der Waals surface area (Å²) in [6.07, 6.45) is 0.698. The van der Waals surface area contributed by atoms with Gasteiger partial charge in [-0.3, -0.25) is 4.79 Å². The van der Waals surface area contributed by atoms with E-state index in [1.165, 1.54) is 18.4 Å². The van der Waals surface area contributed by atoms with Crippen molar-refractivity contribution in [2.75, 3.05) is 20.2 Å². The number of carboxylic acid groups (broad SMARTS) is 1. The molecule has 3 N–H and O–H groups in total. The largest absolute Gasteiger partial charge is 0.494 e. The number of methoxy groups -OCH3 is 1. The van der Waals surface area contributed by atoms with Crippen molar-refractivity contribution in [3.63, 3.8) is 0 Å². The van der Waals surface area contributed by atoms with E-state index in [4.69, 9.17) is 14.8 Å². The number of benzene rings is 2. The molecule has 0 unspecified atom stereocenters. The molecule has 0 radical (unpaired) electrons. The van der Waals surface area contributed by atoms with E-state index in [9.17, 15) is 14.7 Å². The van der Waals surface area contributed by atoms with Crippen LogP contribution in [-0.4, -0.2) is 73.6 Å². The van der Waals surface area contributed by atoms with Gasteiger partial charge in [0.25, 0.3) is 5.91 Å². The molecule has 3 heterocycles. The molecule has 1 aliphatic carbocycles. The zero-order valence-electron chi connectivity index (χ0n) is 21.4. The number of imidazole rings is 1. The zero-order valence-corrected chi connectivity index (χ0v) is 21.4. The fourth-order valence-electron chi connectivity index (χ4n) is 5.58. The van der Waals surface area contributed by atoms with Crippen molar-refractivity contribution >= 4 is 33.9 Å². The number of piperidine rings is 1. The Morgan fingerprint density at radius 2 is 1.95 bits per heavy atom. The maximum absolute atomic E-state index is 13.5. The first-order valence-corrected chi connectivity index (χ1v) is 12.9. The quantitative estimate of drug-likeness (QED) is 0.360. The van der Waals surface area contributed by atoms with Gasteiger partial charge in [-0.25, -0.2) is 9.78 Å². The number of rotatable bonds is 6. The molecule has 10 nitrogen and oxygen atoms in total. The monoisotopic (exact) mass is 517 g/mol. The number of nitrogens with one attached hydrogen (secondary N) is 1. The molecule has 2 aromatic carbocycles.